The Morgan fingerprint density at radius 1 is 1.18 bits per heavy atom. The molecule has 11 heavy (non-hydrogen) atoms. The summed E-state index contributed by atoms with van der Waals surface area (Å²) in [5, 5.41) is 0. The molecule has 0 radical (unpaired) electrons. The number of likely N-dealkylation sites (N-methyl/N-ethyl adjacent to an activating group) is 2. The fourth-order valence-corrected chi connectivity index (χ4v) is 0.881. The molecule has 0 aromatic heterocycles. The van der Waals surface area contributed by atoms with Crippen molar-refractivity contribution in [3.63, 3.8) is 0 Å². The summed E-state index contributed by atoms with van der Waals surface area (Å²) in [5.41, 5.74) is 0. The molecular weight excluding hydrogens is 148 g/mol. The highest BCUT2D eigenvalue weighted by Crippen LogP contribution is 2.02. The third-order valence-electron chi connectivity index (χ3n) is 1.54. The standard InChI is InChI=1S/C6H8N2O3/c1-7-3-4(9)5(10)8(2)6(7)11/h3H2,1-2H3. The van der Waals surface area contributed by atoms with Gasteiger partial charge in [-0.25, -0.2) is 4.79 Å². The van der Waals surface area contributed by atoms with E-state index in [4.69, 9.17) is 0 Å². The van der Waals surface area contributed by atoms with Crippen molar-refractivity contribution in [2.45, 2.75) is 0 Å². The van der Waals surface area contributed by atoms with Crippen molar-refractivity contribution in [1.82, 2.24) is 9.80 Å². The Bertz CT molecular complexity index is 236. The van der Waals surface area contributed by atoms with E-state index in [1.54, 1.807) is 0 Å². The largest absolute Gasteiger partial charge is 0.326 e. The fourth-order valence-electron chi connectivity index (χ4n) is 0.881. The van der Waals surface area contributed by atoms with E-state index in [0.717, 1.165) is 4.90 Å². The lowest BCUT2D eigenvalue weighted by Gasteiger charge is -2.27. The predicted octanol–water partition coefficient (Wildman–Crippen LogP) is -0.921. The molecule has 0 atom stereocenters. The summed E-state index contributed by atoms with van der Waals surface area (Å²) in [6, 6.07) is -0.436. The Morgan fingerprint density at radius 2 is 1.73 bits per heavy atom. The number of hydrogen-bond donors (Lipinski definition) is 0. The van der Waals surface area contributed by atoms with Gasteiger partial charge in [0.2, 0.25) is 5.78 Å². The third-order valence-corrected chi connectivity index (χ3v) is 1.54. The van der Waals surface area contributed by atoms with Crippen LogP contribution in [0.1, 0.15) is 0 Å². The van der Waals surface area contributed by atoms with Gasteiger partial charge >= 0.3 is 6.03 Å². The van der Waals surface area contributed by atoms with E-state index in [2.05, 4.69) is 0 Å². The molecule has 1 aliphatic heterocycles. The highest BCUT2D eigenvalue weighted by atomic mass is 16.2. The summed E-state index contributed by atoms with van der Waals surface area (Å²) >= 11 is 0. The molecule has 0 spiro atoms. The van der Waals surface area contributed by atoms with Crippen LogP contribution < -0.4 is 0 Å². The quantitative estimate of drug-likeness (QED) is 0.426. The van der Waals surface area contributed by atoms with Crippen LogP contribution in [0.3, 0.4) is 0 Å². The zero-order chi connectivity index (χ0) is 8.59. The van der Waals surface area contributed by atoms with Gasteiger partial charge in [-0.05, 0) is 0 Å². The van der Waals surface area contributed by atoms with Gasteiger partial charge in [0.15, 0.2) is 0 Å². The fraction of sp³-hybridized carbons (Fsp3) is 0.500. The molecule has 0 aromatic carbocycles. The molecular formula is C6H8N2O3. The van der Waals surface area contributed by atoms with E-state index < -0.39 is 17.7 Å². The molecule has 0 saturated carbocycles. The van der Waals surface area contributed by atoms with Crippen molar-refractivity contribution in [1.29, 1.82) is 0 Å². The average molecular weight is 156 g/mol. The van der Waals surface area contributed by atoms with Gasteiger partial charge in [0.05, 0.1) is 6.54 Å². The van der Waals surface area contributed by atoms with Gasteiger partial charge in [0.1, 0.15) is 0 Å². The second-order valence-corrected chi connectivity index (χ2v) is 2.43. The van der Waals surface area contributed by atoms with Gasteiger partial charge in [-0.1, -0.05) is 0 Å². The average Bonchev–Trinajstić information content (AvgIpc) is 1.97. The first-order valence-corrected chi connectivity index (χ1v) is 3.10. The smallest absolute Gasteiger partial charge is 0.319 e. The van der Waals surface area contributed by atoms with Crippen LogP contribution in [-0.4, -0.2) is 48.2 Å². The highest BCUT2D eigenvalue weighted by Gasteiger charge is 2.33. The summed E-state index contributed by atoms with van der Waals surface area (Å²) in [6.07, 6.45) is 0. The summed E-state index contributed by atoms with van der Waals surface area (Å²) < 4.78 is 0. The molecule has 1 rings (SSSR count). The molecule has 0 N–H and O–H groups in total. The Balaban J connectivity index is 2.87. The van der Waals surface area contributed by atoms with Crippen LogP contribution >= 0.6 is 0 Å². The van der Waals surface area contributed by atoms with E-state index in [0.29, 0.717) is 0 Å². The molecule has 1 saturated heterocycles. The van der Waals surface area contributed by atoms with Crippen LogP contribution in [0.25, 0.3) is 0 Å². The van der Waals surface area contributed by atoms with E-state index in [9.17, 15) is 14.4 Å². The molecule has 1 heterocycles. The van der Waals surface area contributed by atoms with Crippen molar-refractivity contribution in [2.24, 2.45) is 0 Å². The number of hydrogen-bond acceptors (Lipinski definition) is 3. The SMILES string of the molecule is CN1CC(=O)C(=O)N(C)C1=O. The van der Waals surface area contributed by atoms with Crippen molar-refractivity contribution >= 4 is 17.7 Å². The summed E-state index contributed by atoms with van der Waals surface area (Å²) in [5.74, 6) is -1.28. The molecule has 3 amide bonds. The van der Waals surface area contributed by atoms with Crippen LogP contribution in [0.2, 0.25) is 0 Å². The minimum Gasteiger partial charge on any atom is -0.319 e. The maximum Gasteiger partial charge on any atom is 0.326 e. The Kier molecular flexibility index (Phi) is 1.64. The number of carbonyl (C=O) groups excluding carboxylic acids is 3. The first-order valence-electron chi connectivity index (χ1n) is 3.10. The first kappa shape index (κ1) is 7.71. The molecule has 0 unspecified atom stereocenters. The third kappa shape index (κ3) is 1.09. The number of carbonyl (C=O) groups is 3. The molecule has 5 nitrogen and oxygen atoms in total. The Hall–Kier alpha value is -1.39. The summed E-state index contributed by atoms with van der Waals surface area (Å²) in [6.45, 7) is -0.109. The minimum atomic E-state index is -0.729. The van der Waals surface area contributed by atoms with Gasteiger partial charge < -0.3 is 4.90 Å². The minimum absolute atomic E-state index is 0.109. The van der Waals surface area contributed by atoms with E-state index >= 15 is 0 Å². The number of ketones is 1. The van der Waals surface area contributed by atoms with Crippen LogP contribution in [0.5, 0.6) is 0 Å². The number of amides is 3. The van der Waals surface area contributed by atoms with Crippen LogP contribution in [0, 0.1) is 0 Å². The van der Waals surface area contributed by atoms with Crippen molar-refractivity contribution in [2.75, 3.05) is 20.6 Å². The van der Waals surface area contributed by atoms with Crippen molar-refractivity contribution in [3.05, 3.63) is 0 Å². The van der Waals surface area contributed by atoms with Crippen LogP contribution in [-0.2, 0) is 9.59 Å². The molecule has 0 aromatic rings. The second kappa shape index (κ2) is 2.34. The Labute approximate surface area is 63.6 Å². The van der Waals surface area contributed by atoms with Gasteiger partial charge in [-0.15, -0.1) is 0 Å². The molecule has 0 aliphatic carbocycles. The monoisotopic (exact) mass is 156 g/mol. The van der Waals surface area contributed by atoms with E-state index in [1.165, 1.54) is 19.0 Å². The predicted molar refractivity (Wildman–Crippen MR) is 35.8 cm³/mol. The normalized spacial score (nSPS) is 19.6. The summed E-state index contributed by atoms with van der Waals surface area (Å²) in [4.78, 5) is 34.6. The van der Waals surface area contributed by atoms with Crippen molar-refractivity contribution < 1.29 is 14.4 Å². The highest BCUT2D eigenvalue weighted by molar-refractivity contribution is 6.41. The topological polar surface area (TPSA) is 57.7 Å². The zero-order valence-corrected chi connectivity index (χ0v) is 6.33. The number of nitrogens with zero attached hydrogens (tertiary/aromatic N) is 2. The molecule has 1 fully saturated rings. The van der Waals surface area contributed by atoms with Gasteiger partial charge in [-0.2, -0.15) is 0 Å². The lowest BCUT2D eigenvalue weighted by Crippen LogP contribution is -2.53. The van der Waals surface area contributed by atoms with Crippen LogP contribution in [0.4, 0.5) is 4.79 Å². The lowest BCUT2D eigenvalue weighted by molar-refractivity contribution is -0.144. The second-order valence-electron chi connectivity index (χ2n) is 2.43. The summed E-state index contributed by atoms with van der Waals surface area (Å²) in [7, 11) is 2.77. The zero-order valence-electron chi connectivity index (χ0n) is 6.33. The van der Waals surface area contributed by atoms with Crippen LogP contribution in [0.15, 0.2) is 0 Å². The molecule has 60 valence electrons. The maximum absolute atomic E-state index is 11.0. The van der Waals surface area contributed by atoms with Crippen molar-refractivity contribution in [3.8, 4) is 0 Å². The molecule has 0 bridgehead atoms. The van der Waals surface area contributed by atoms with Gasteiger partial charge in [0, 0.05) is 14.1 Å². The van der Waals surface area contributed by atoms with Gasteiger partial charge in [0.25, 0.3) is 5.91 Å². The van der Waals surface area contributed by atoms with Gasteiger partial charge in [-0.3, -0.25) is 14.5 Å². The number of urea groups is 1. The Morgan fingerprint density at radius 3 is 2.27 bits per heavy atom. The maximum atomic E-state index is 11.0. The number of imide groups is 1. The lowest BCUT2D eigenvalue weighted by atomic mass is 10.3. The number of rotatable bonds is 0. The van der Waals surface area contributed by atoms with E-state index in [-0.39, 0.29) is 6.54 Å². The van der Waals surface area contributed by atoms with E-state index in [1.807, 2.05) is 0 Å². The first-order chi connectivity index (χ1) is 5.04. The number of Topliss-reactive ketones (excluding diaryl/α,β-unsaturated/α-hetero) is 1. The molecule has 5 heteroatoms. The molecule has 1 aliphatic rings.